The summed E-state index contributed by atoms with van der Waals surface area (Å²) in [6.45, 7) is 7.74. The molecule has 0 aromatic heterocycles. The Morgan fingerprint density at radius 3 is 2.68 bits per heavy atom. The van der Waals surface area contributed by atoms with Gasteiger partial charge in [-0.3, -0.25) is 0 Å². The fourth-order valence-electron chi connectivity index (χ4n) is 2.91. The van der Waals surface area contributed by atoms with Crippen molar-refractivity contribution in [2.75, 3.05) is 11.4 Å². The lowest BCUT2D eigenvalue weighted by atomic mass is 10.1. The number of hydrogen-bond donors (Lipinski definition) is 1. The van der Waals surface area contributed by atoms with E-state index in [1.807, 2.05) is 12.1 Å². The second-order valence-corrected chi connectivity index (χ2v) is 5.56. The average molecular weight is 259 g/mol. The van der Waals surface area contributed by atoms with Crippen molar-refractivity contribution in [3.8, 4) is 0 Å². The predicted octanol–water partition coefficient (Wildman–Crippen LogP) is 3.33. The molecule has 1 N–H and O–H groups in total. The molecule has 1 aromatic carbocycles. The maximum atomic E-state index is 10.5. The third kappa shape index (κ3) is 3.16. The number of aryl methyl sites for hydroxylation is 1. The van der Waals surface area contributed by atoms with Gasteiger partial charge in [0, 0.05) is 24.4 Å². The van der Waals surface area contributed by atoms with Crippen LogP contribution in [0.4, 0.5) is 5.69 Å². The van der Waals surface area contributed by atoms with Crippen molar-refractivity contribution in [1.82, 2.24) is 0 Å². The molecule has 2 rings (SSSR count). The molecule has 2 unspecified atom stereocenters. The third-order valence-corrected chi connectivity index (χ3v) is 3.73. The molecular formula is C16H21NO2. The second kappa shape index (κ2) is 5.47. The van der Waals surface area contributed by atoms with E-state index in [0.717, 1.165) is 18.0 Å². The van der Waals surface area contributed by atoms with Crippen LogP contribution in [-0.4, -0.2) is 23.7 Å². The zero-order valence-corrected chi connectivity index (χ0v) is 11.8. The molecule has 1 heterocycles. The maximum Gasteiger partial charge on any atom is 0.328 e. The number of carboxylic acids is 1. The van der Waals surface area contributed by atoms with Crippen LogP contribution in [0.15, 0.2) is 24.3 Å². The lowest BCUT2D eigenvalue weighted by Crippen LogP contribution is -2.27. The van der Waals surface area contributed by atoms with Crippen molar-refractivity contribution in [3.63, 3.8) is 0 Å². The number of aliphatic carboxylic acids is 1. The number of carboxylic acid groups (broad SMARTS) is 1. The standard InChI is InChI=1S/C16H21NO2/c1-11-8-13(3)17(10-11)15-6-4-14(9-12(15)2)5-7-16(18)19/h4-7,9,11,13H,8,10H2,1-3H3,(H,18,19)/b7-5+. The van der Waals surface area contributed by atoms with Crippen LogP contribution in [0.3, 0.4) is 0 Å². The van der Waals surface area contributed by atoms with Crippen LogP contribution in [0.1, 0.15) is 31.4 Å². The first-order valence-corrected chi connectivity index (χ1v) is 6.75. The fourth-order valence-corrected chi connectivity index (χ4v) is 2.91. The van der Waals surface area contributed by atoms with Crippen molar-refractivity contribution in [2.45, 2.75) is 33.2 Å². The first-order chi connectivity index (χ1) is 8.97. The van der Waals surface area contributed by atoms with Gasteiger partial charge in [-0.2, -0.15) is 0 Å². The normalized spacial score (nSPS) is 23.2. The molecular weight excluding hydrogens is 238 g/mol. The van der Waals surface area contributed by atoms with Gasteiger partial charge in [0.25, 0.3) is 0 Å². The quantitative estimate of drug-likeness (QED) is 0.846. The van der Waals surface area contributed by atoms with Crippen molar-refractivity contribution in [2.24, 2.45) is 5.92 Å². The molecule has 0 amide bonds. The Labute approximate surface area is 114 Å². The predicted molar refractivity (Wildman–Crippen MR) is 78.4 cm³/mol. The molecule has 0 aliphatic carbocycles. The van der Waals surface area contributed by atoms with Gasteiger partial charge in [0.15, 0.2) is 0 Å². The molecule has 3 nitrogen and oxygen atoms in total. The highest BCUT2D eigenvalue weighted by Crippen LogP contribution is 2.31. The molecule has 0 bridgehead atoms. The molecule has 0 spiro atoms. The van der Waals surface area contributed by atoms with Gasteiger partial charge in [-0.1, -0.05) is 13.0 Å². The largest absolute Gasteiger partial charge is 0.478 e. The van der Waals surface area contributed by atoms with Crippen LogP contribution in [0.5, 0.6) is 0 Å². The summed E-state index contributed by atoms with van der Waals surface area (Å²) in [6, 6.07) is 6.71. The van der Waals surface area contributed by atoms with E-state index in [2.05, 4.69) is 31.7 Å². The molecule has 1 aromatic rings. The summed E-state index contributed by atoms with van der Waals surface area (Å²) in [5.41, 5.74) is 3.40. The number of anilines is 1. The molecule has 0 radical (unpaired) electrons. The number of nitrogens with zero attached hydrogens (tertiary/aromatic N) is 1. The molecule has 1 aliphatic rings. The third-order valence-electron chi connectivity index (χ3n) is 3.73. The van der Waals surface area contributed by atoms with Gasteiger partial charge in [0.05, 0.1) is 0 Å². The van der Waals surface area contributed by atoms with E-state index in [4.69, 9.17) is 5.11 Å². The molecule has 1 fully saturated rings. The minimum Gasteiger partial charge on any atom is -0.478 e. The summed E-state index contributed by atoms with van der Waals surface area (Å²) in [7, 11) is 0. The van der Waals surface area contributed by atoms with E-state index >= 15 is 0 Å². The Balaban J connectivity index is 2.22. The number of rotatable bonds is 3. The molecule has 19 heavy (non-hydrogen) atoms. The van der Waals surface area contributed by atoms with E-state index in [1.54, 1.807) is 6.08 Å². The first-order valence-electron chi connectivity index (χ1n) is 6.75. The van der Waals surface area contributed by atoms with Crippen LogP contribution >= 0.6 is 0 Å². The summed E-state index contributed by atoms with van der Waals surface area (Å²) in [5.74, 6) is -0.176. The summed E-state index contributed by atoms with van der Waals surface area (Å²) in [5, 5.41) is 8.64. The molecule has 1 saturated heterocycles. The highest BCUT2D eigenvalue weighted by molar-refractivity contribution is 5.85. The number of carbonyl (C=O) groups is 1. The topological polar surface area (TPSA) is 40.5 Å². The highest BCUT2D eigenvalue weighted by Gasteiger charge is 2.26. The summed E-state index contributed by atoms with van der Waals surface area (Å²) in [4.78, 5) is 13.0. The lowest BCUT2D eigenvalue weighted by Gasteiger charge is -2.26. The van der Waals surface area contributed by atoms with Gasteiger partial charge in [-0.25, -0.2) is 4.79 Å². The van der Waals surface area contributed by atoms with E-state index < -0.39 is 5.97 Å². The Bertz CT molecular complexity index is 507. The molecule has 0 saturated carbocycles. The maximum absolute atomic E-state index is 10.5. The monoisotopic (exact) mass is 259 g/mol. The lowest BCUT2D eigenvalue weighted by molar-refractivity contribution is -0.131. The summed E-state index contributed by atoms with van der Waals surface area (Å²) < 4.78 is 0. The van der Waals surface area contributed by atoms with Crippen molar-refractivity contribution < 1.29 is 9.90 Å². The van der Waals surface area contributed by atoms with Gasteiger partial charge in [-0.15, -0.1) is 0 Å². The zero-order valence-electron chi connectivity index (χ0n) is 11.8. The van der Waals surface area contributed by atoms with Crippen molar-refractivity contribution in [1.29, 1.82) is 0 Å². The van der Waals surface area contributed by atoms with Gasteiger partial charge in [0.2, 0.25) is 0 Å². The molecule has 1 aliphatic heterocycles. The fraction of sp³-hybridized carbons (Fsp3) is 0.438. The van der Waals surface area contributed by atoms with Gasteiger partial charge < -0.3 is 10.0 Å². The Morgan fingerprint density at radius 1 is 1.42 bits per heavy atom. The van der Waals surface area contributed by atoms with Crippen molar-refractivity contribution >= 4 is 17.7 Å². The minimum absolute atomic E-state index is 0.578. The van der Waals surface area contributed by atoms with Crippen LogP contribution in [0.25, 0.3) is 6.08 Å². The van der Waals surface area contributed by atoms with Crippen LogP contribution in [0, 0.1) is 12.8 Å². The Morgan fingerprint density at radius 2 is 2.16 bits per heavy atom. The highest BCUT2D eigenvalue weighted by atomic mass is 16.4. The van der Waals surface area contributed by atoms with E-state index in [0.29, 0.717) is 6.04 Å². The second-order valence-electron chi connectivity index (χ2n) is 5.56. The van der Waals surface area contributed by atoms with Gasteiger partial charge >= 0.3 is 5.97 Å². The van der Waals surface area contributed by atoms with Crippen LogP contribution < -0.4 is 4.90 Å². The number of benzene rings is 1. The van der Waals surface area contributed by atoms with Crippen LogP contribution in [0.2, 0.25) is 0 Å². The smallest absolute Gasteiger partial charge is 0.328 e. The summed E-state index contributed by atoms with van der Waals surface area (Å²) in [6.07, 6.45) is 4.05. The SMILES string of the molecule is Cc1cc(/C=C/C(=O)O)ccc1N1CC(C)CC1C. The molecule has 3 heteroatoms. The number of hydrogen-bond acceptors (Lipinski definition) is 2. The zero-order chi connectivity index (χ0) is 14.0. The Hall–Kier alpha value is -1.77. The first kappa shape index (κ1) is 13.7. The Kier molecular flexibility index (Phi) is 3.93. The van der Waals surface area contributed by atoms with Gasteiger partial charge in [-0.05, 0) is 55.5 Å². The molecule has 102 valence electrons. The van der Waals surface area contributed by atoms with E-state index in [-0.39, 0.29) is 0 Å². The van der Waals surface area contributed by atoms with E-state index in [1.165, 1.54) is 23.7 Å². The summed E-state index contributed by atoms with van der Waals surface area (Å²) >= 11 is 0. The minimum atomic E-state index is -0.913. The average Bonchev–Trinajstić information content (AvgIpc) is 2.66. The van der Waals surface area contributed by atoms with Gasteiger partial charge in [0.1, 0.15) is 0 Å². The molecule has 2 atom stereocenters. The van der Waals surface area contributed by atoms with Crippen molar-refractivity contribution in [3.05, 3.63) is 35.4 Å². The van der Waals surface area contributed by atoms with Crippen LogP contribution in [-0.2, 0) is 4.79 Å². The van der Waals surface area contributed by atoms with E-state index in [9.17, 15) is 4.79 Å².